The average Bonchev–Trinajstić information content (AvgIpc) is 3.12. The van der Waals surface area contributed by atoms with Crippen molar-refractivity contribution in [2.75, 3.05) is 5.32 Å². The molecule has 0 saturated heterocycles. The number of hydrogen-bond acceptors (Lipinski definition) is 4. The average molecular weight is 348 g/mol. The van der Waals surface area contributed by atoms with E-state index in [1.54, 1.807) is 19.2 Å². The Labute approximate surface area is 140 Å². The number of rotatable bonds is 5. The molecule has 0 atom stereocenters. The molecule has 0 spiro atoms. The summed E-state index contributed by atoms with van der Waals surface area (Å²) in [6.45, 7) is 1.79. The quantitative estimate of drug-likeness (QED) is 0.744. The molecule has 2 heterocycles. The van der Waals surface area contributed by atoms with Crippen LogP contribution in [0.2, 0.25) is 0 Å². The van der Waals surface area contributed by atoms with E-state index < -0.39 is 11.6 Å². The minimum atomic E-state index is -0.607. The molecule has 0 aliphatic heterocycles. The molecule has 3 aromatic rings. The summed E-state index contributed by atoms with van der Waals surface area (Å²) in [5.74, 6) is -1.41. The molecule has 2 N–H and O–H groups in total. The van der Waals surface area contributed by atoms with Gasteiger partial charge in [-0.15, -0.1) is 11.3 Å². The molecule has 5 nitrogen and oxygen atoms in total. The van der Waals surface area contributed by atoms with Gasteiger partial charge in [-0.25, -0.2) is 13.8 Å². The van der Waals surface area contributed by atoms with Crippen molar-refractivity contribution in [3.63, 3.8) is 0 Å². The van der Waals surface area contributed by atoms with Crippen molar-refractivity contribution in [1.29, 1.82) is 0 Å². The summed E-state index contributed by atoms with van der Waals surface area (Å²) in [4.78, 5) is 17.1. The van der Waals surface area contributed by atoms with E-state index in [1.165, 1.54) is 23.5 Å². The number of aromatic nitrogens is 3. The molecule has 0 fully saturated rings. The topological polar surface area (TPSA) is 70.7 Å². The zero-order chi connectivity index (χ0) is 17.1. The third-order valence-electron chi connectivity index (χ3n) is 3.41. The van der Waals surface area contributed by atoms with Gasteiger partial charge in [-0.3, -0.25) is 9.89 Å². The third-order valence-corrected chi connectivity index (χ3v) is 4.49. The number of nitrogens with one attached hydrogen (secondary N) is 2. The summed E-state index contributed by atoms with van der Waals surface area (Å²) in [6, 6.07) is 5.22. The van der Waals surface area contributed by atoms with Gasteiger partial charge in [0.2, 0.25) is 5.91 Å². The molecule has 0 aliphatic carbocycles. The minimum Gasteiger partial charge on any atom is -0.302 e. The molecule has 1 aromatic carbocycles. The van der Waals surface area contributed by atoms with Gasteiger partial charge in [0.1, 0.15) is 11.6 Å². The number of aromatic amines is 1. The molecule has 24 heavy (non-hydrogen) atoms. The Morgan fingerprint density at radius 3 is 2.88 bits per heavy atom. The second kappa shape index (κ2) is 6.88. The van der Waals surface area contributed by atoms with E-state index in [0.29, 0.717) is 28.5 Å². The van der Waals surface area contributed by atoms with Gasteiger partial charge in [-0.05, 0) is 24.6 Å². The molecule has 0 saturated carbocycles. The van der Waals surface area contributed by atoms with Crippen LogP contribution in [0.1, 0.15) is 21.8 Å². The standard InChI is InChI=1S/C16H14F2N4OS/c1-9-14(6-10-2-3-11(17)7-13(10)18)24-16(20-9)21-15(23)8-12-4-5-19-22-12/h2-5,7H,6,8H2,1H3,(H,19,22)(H,20,21,23). The number of carbonyl (C=O) groups excluding carboxylic acids is 1. The summed E-state index contributed by atoms with van der Waals surface area (Å²) in [6.07, 6.45) is 2.04. The number of nitrogens with zero attached hydrogens (tertiary/aromatic N) is 2. The summed E-state index contributed by atoms with van der Waals surface area (Å²) in [5.41, 5.74) is 1.80. The number of halogens is 2. The molecule has 0 aliphatic rings. The van der Waals surface area contributed by atoms with Crippen LogP contribution in [0, 0.1) is 18.6 Å². The number of benzene rings is 1. The first-order valence-electron chi connectivity index (χ1n) is 7.19. The van der Waals surface area contributed by atoms with Crippen LogP contribution in [0.5, 0.6) is 0 Å². The highest BCUT2D eigenvalue weighted by molar-refractivity contribution is 7.15. The maximum atomic E-state index is 13.8. The lowest BCUT2D eigenvalue weighted by atomic mass is 10.1. The highest BCUT2D eigenvalue weighted by Gasteiger charge is 2.13. The number of anilines is 1. The van der Waals surface area contributed by atoms with Gasteiger partial charge < -0.3 is 5.32 Å². The molecular weight excluding hydrogens is 334 g/mol. The number of aryl methyl sites for hydroxylation is 1. The highest BCUT2D eigenvalue weighted by Crippen LogP contribution is 2.26. The Morgan fingerprint density at radius 2 is 2.17 bits per heavy atom. The van der Waals surface area contributed by atoms with Crippen LogP contribution in [-0.4, -0.2) is 21.1 Å². The first-order valence-corrected chi connectivity index (χ1v) is 8.01. The van der Waals surface area contributed by atoms with Crippen LogP contribution in [-0.2, 0) is 17.6 Å². The Balaban J connectivity index is 1.69. The Morgan fingerprint density at radius 1 is 1.33 bits per heavy atom. The summed E-state index contributed by atoms with van der Waals surface area (Å²) >= 11 is 1.28. The second-order valence-electron chi connectivity index (χ2n) is 5.25. The molecule has 8 heteroatoms. The van der Waals surface area contributed by atoms with Crippen molar-refractivity contribution in [3.8, 4) is 0 Å². The number of amides is 1. The highest BCUT2D eigenvalue weighted by atomic mass is 32.1. The first kappa shape index (κ1) is 16.3. The Bertz CT molecular complexity index is 861. The van der Waals surface area contributed by atoms with Gasteiger partial charge in [0.05, 0.1) is 12.1 Å². The van der Waals surface area contributed by atoms with E-state index in [0.717, 1.165) is 10.9 Å². The maximum Gasteiger partial charge on any atom is 0.232 e. The molecule has 0 bridgehead atoms. The van der Waals surface area contributed by atoms with Crippen molar-refractivity contribution in [1.82, 2.24) is 15.2 Å². The van der Waals surface area contributed by atoms with E-state index in [4.69, 9.17) is 0 Å². The smallest absolute Gasteiger partial charge is 0.232 e. The zero-order valence-corrected chi connectivity index (χ0v) is 13.6. The van der Waals surface area contributed by atoms with Crippen molar-refractivity contribution >= 4 is 22.4 Å². The fourth-order valence-electron chi connectivity index (χ4n) is 2.20. The Hall–Kier alpha value is -2.61. The fraction of sp³-hybridized carbons (Fsp3) is 0.188. The SMILES string of the molecule is Cc1nc(NC(=O)Cc2ccn[nH]2)sc1Cc1ccc(F)cc1F. The molecule has 2 aromatic heterocycles. The molecule has 124 valence electrons. The molecule has 3 rings (SSSR count). The number of hydrogen-bond donors (Lipinski definition) is 2. The van der Waals surface area contributed by atoms with Crippen LogP contribution in [0.4, 0.5) is 13.9 Å². The number of carbonyl (C=O) groups is 1. The predicted octanol–water partition coefficient (Wildman–Crippen LogP) is 3.22. The van der Waals surface area contributed by atoms with Crippen LogP contribution in [0.3, 0.4) is 0 Å². The zero-order valence-electron chi connectivity index (χ0n) is 12.8. The van der Waals surface area contributed by atoms with E-state index in [2.05, 4.69) is 20.5 Å². The van der Waals surface area contributed by atoms with Gasteiger partial charge in [-0.2, -0.15) is 5.10 Å². The van der Waals surface area contributed by atoms with E-state index >= 15 is 0 Å². The van der Waals surface area contributed by atoms with Crippen molar-refractivity contribution in [2.24, 2.45) is 0 Å². The van der Waals surface area contributed by atoms with Crippen LogP contribution < -0.4 is 5.32 Å². The third kappa shape index (κ3) is 3.83. The van der Waals surface area contributed by atoms with Gasteiger partial charge in [0.25, 0.3) is 0 Å². The summed E-state index contributed by atoms with van der Waals surface area (Å²) < 4.78 is 26.7. The lowest BCUT2D eigenvalue weighted by Crippen LogP contribution is -2.14. The monoisotopic (exact) mass is 348 g/mol. The first-order chi connectivity index (χ1) is 11.5. The maximum absolute atomic E-state index is 13.8. The molecule has 0 radical (unpaired) electrons. The molecule has 1 amide bonds. The van der Waals surface area contributed by atoms with E-state index in [1.807, 2.05) is 0 Å². The second-order valence-corrected chi connectivity index (χ2v) is 6.33. The predicted molar refractivity (Wildman–Crippen MR) is 86.9 cm³/mol. The van der Waals surface area contributed by atoms with Crippen LogP contribution >= 0.6 is 11.3 Å². The van der Waals surface area contributed by atoms with Crippen LogP contribution in [0.25, 0.3) is 0 Å². The van der Waals surface area contributed by atoms with Gasteiger partial charge in [-0.1, -0.05) is 6.07 Å². The molecule has 0 unspecified atom stereocenters. The largest absolute Gasteiger partial charge is 0.302 e. The van der Waals surface area contributed by atoms with Gasteiger partial charge >= 0.3 is 0 Å². The minimum absolute atomic E-state index is 0.167. The Kier molecular flexibility index (Phi) is 4.66. The van der Waals surface area contributed by atoms with Crippen molar-refractivity contribution in [3.05, 3.63) is 63.9 Å². The fourth-order valence-corrected chi connectivity index (χ4v) is 3.20. The lowest BCUT2D eigenvalue weighted by molar-refractivity contribution is -0.115. The van der Waals surface area contributed by atoms with Crippen molar-refractivity contribution in [2.45, 2.75) is 19.8 Å². The van der Waals surface area contributed by atoms with Gasteiger partial charge in [0, 0.05) is 29.3 Å². The van der Waals surface area contributed by atoms with Crippen molar-refractivity contribution < 1.29 is 13.6 Å². The normalized spacial score (nSPS) is 10.8. The summed E-state index contributed by atoms with van der Waals surface area (Å²) in [7, 11) is 0. The number of thiazole rings is 1. The van der Waals surface area contributed by atoms with Gasteiger partial charge in [0.15, 0.2) is 5.13 Å². The number of H-pyrrole nitrogens is 1. The summed E-state index contributed by atoms with van der Waals surface area (Å²) in [5, 5.41) is 9.67. The van der Waals surface area contributed by atoms with E-state index in [-0.39, 0.29) is 12.3 Å². The lowest BCUT2D eigenvalue weighted by Gasteiger charge is -2.02. The van der Waals surface area contributed by atoms with E-state index in [9.17, 15) is 13.6 Å². The molecular formula is C16H14F2N4OS. The van der Waals surface area contributed by atoms with Crippen LogP contribution in [0.15, 0.2) is 30.5 Å².